The molecule has 0 aliphatic rings. The minimum Gasteiger partial charge on any atom is -0.279 e. The van der Waals surface area contributed by atoms with E-state index in [2.05, 4.69) is 4.72 Å². The standard InChI is InChI=1S/C13H8ClFN2O2S/c14-12-6-9(8-16)4-5-13(12)20(18,19)17-11-3-1-2-10(15)7-11/h1-7,17H. The molecular weight excluding hydrogens is 303 g/mol. The van der Waals surface area contributed by atoms with E-state index < -0.39 is 15.8 Å². The van der Waals surface area contributed by atoms with Gasteiger partial charge in [-0.25, -0.2) is 12.8 Å². The maximum absolute atomic E-state index is 13.0. The Morgan fingerprint density at radius 2 is 1.95 bits per heavy atom. The largest absolute Gasteiger partial charge is 0.279 e. The van der Waals surface area contributed by atoms with Gasteiger partial charge in [-0.05, 0) is 36.4 Å². The van der Waals surface area contributed by atoms with Gasteiger partial charge < -0.3 is 0 Å². The van der Waals surface area contributed by atoms with Crippen LogP contribution in [0.15, 0.2) is 47.4 Å². The number of anilines is 1. The Morgan fingerprint density at radius 3 is 2.55 bits per heavy atom. The van der Waals surface area contributed by atoms with Crippen LogP contribution in [0.3, 0.4) is 0 Å². The van der Waals surface area contributed by atoms with Gasteiger partial charge in [-0.15, -0.1) is 0 Å². The van der Waals surface area contributed by atoms with Gasteiger partial charge in [0.1, 0.15) is 10.7 Å². The van der Waals surface area contributed by atoms with Gasteiger partial charge in [0.05, 0.1) is 22.3 Å². The first-order valence-corrected chi connectivity index (χ1v) is 7.26. The smallest absolute Gasteiger partial charge is 0.263 e. The Bertz CT molecular complexity index is 800. The first-order chi connectivity index (χ1) is 9.42. The molecule has 0 aliphatic carbocycles. The van der Waals surface area contributed by atoms with Gasteiger partial charge in [-0.3, -0.25) is 4.72 Å². The van der Waals surface area contributed by atoms with Crippen molar-refractivity contribution in [2.24, 2.45) is 0 Å². The summed E-state index contributed by atoms with van der Waals surface area (Å²) >= 11 is 5.85. The molecule has 7 heteroatoms. The highest BCUT2D eigenvalue weighted by Gasteiger charge is 2.18. The summed E-state index contributed by atoms with van der Waals surface area (Å²) in [6.45, 7) is 0. The Balaban J connectivity index is 2.39. The lowest BCUT2D eigenvalue weighted by Gasteiger charge is -2.09. The maximum atomic E-state index is 13.0. The second kappa shape index (κ2) is 5.49. The Labute approximate surface area is 120 Å². The summed E-state index contributed by atoms with van der Waals surface area (Å²) < 4.78 is 39.5. The van der Waals surface area contributed by atoms with E-state index in [1.807, 2.05) is 6.07 Å². The van der Waals surface area contributed by atoms with Crippen LogP contribution in [-0.2, 0) is 10.0 Å². The van der Waals surface area contributed by atoms with Gasteiger partial charge >= 0.3 is 0 Å². The highest BCUT2D eigenvalue weighted by Crippen LogP contribution is 2.25. The van der Waals surface area contributed by atoms with E-state index in [9.17, 15) is 12.8 Å². The van der Waals surface area contributed by atoms with E-state index in [1.54, 1.807) is 0 Å². The normalized spacial score (nSPS) is 10.8. The van der Waals surface area contributed by atoms with Crippen LogP contribution in [0.25, 0.3) is 0 Å². The highest BCUT2D eigenvalue weighted by molar-refractivity contribution is 7.92. The number of sulfonamides is 1. The third-order valence-corrected chi connectivity index (χ3v) is 4.29. The van der Waals surface area contributed by atoms with E-state index in [-0.39, 0.29) is 21.2 Å². The molecule has 20 heavy (non-hydrogen) atoms. The first kappa shape index (κ1) is 14.3. The van der Waals surface area contributed by atoms with Crippen molar-refractivity contribution in [3.8, 4) is 6.07 Å². The minimum atomic E-state index is -3.94. The average Bonchev–Trinajstić information content (AvgIpc) is 2.37. The predicted octanol–water partition coefficient (Wildman–Crippen LogP) is 3.15. The number of halogens is 2. The van der Waals surface area contributed by atoms with Gasteiger partial charge in [-0.2, -0.15) is 5.26 Å². The second-order valence-electron chi connectivity index (χ2n) is 3.87. The van der Waals surface area contributed by atoms with Crippen LogP contribution in [0.1, 0.15) is 5.56 Å². The number of nitrogens with zero attached hydrogens (tertiary/aromatic N) is 1. The monoisotopic (exact) mass is 310 g/mol. The molecule has 0 unspecified atom stereocenters. The van der Waals surface area contributed by atoms with E-state index >= 15 is 0 Å². The zero-order chi connectivity index (χ0) is 14.8. The van der Waals surface area contributed by atoms with Crippen molar-refractivity contribution in [2.45, 2.75) is 4.90 Å². The van der Waals surface area contributed by atoms with Gasteiger partial charge in [0.2, 0.25) is 0 Å². The molecule has 2 aromatic carbocycles. The summed E-state index contributed by atoms with van der Waals surface area (Å²) in [4.78, 5) is -0.178. The summed E-state index contributed by atoms with van der Waals surface area (Å²) in [7, 11) is -3.94. The predicted molar refractivity (Wildman–Crippen MR) is 73.4 cm³/mol. The van der Waals surface area contributed by atoms with Crippen LogP contribution >= 0.6 is 11.6 Å². The molecule has 0 spiro atoms. The third kappa shape index (κ3) is 3.07. The molecule has 2 aromatic rings. The molecular formula is C13H8ClFN2O2S. The number of nitrogens with one attached hydrogen (secondary N) is 1. The lowest BCUT2D eigenvalue weighted by atomic mass is 10.2. The fourth-order valence-corrected chi connectivity index (χ4v) is 3.15. The molecule has 0 atom stereocenters. The summed E-state index contributed by atoms with van der Waals surface area (Å²) in [6, 6.07) is 10.7. The van der Waals surface area contributed by atoms with Crippen LogP contribution in [-0.4, -0.2) is 8.42 Å². The van der Waals surface area contributed by atoms with Crippen molar-refractivity contribution < 1.29 is 12.8 Å². The molecule has 0 fully saturated rings. The number of hydrogen-bond donors (Lipinski definition) is 1. The van der Waals surface area contributed by atoms with Gasteiger partial charge in [-0.1, -0.05) is 17.7 Å². The average molecular weight is 311 g/mol. The lowest BCUT2D eigenvalue weighted by Crippen LogP contribution is -2.13. The topological polar surface area (TPSA) is 70.0 Å². The van der Waals surface area contributed by atoms with Crippen LogP contribution < -0.4 is 4.72 Å². The molecule has 0 saturated carbocycles. The Hall–Kier alpha value is -2.10. The zero-order valence-electron chi connectivity index (χ0n) is 9.97. The lowest BCUT2D eigenvalue weighted by molar-refractivity contribution is 0.601. The molecule has 0 aromatic heterocycles. The van der Waals surface area contributed by atoms with Crippen molar-refractivity contribution in [1.82, 2.24) is 0 Å². The van der Waals surface area contributed by atoms with Crippen molar-refractivity contribution >= 4 is 27.3 Å². The Kier molecular flexibility index (Phi) is 3.93. The number of rotatable bonds is 3. The van der Waals surface area contributed by atoms with Gasteiger partial charge in [0.15, 0.2) is 0 Å². The van der Waals surface area contributed by atoms with E-state index in [0.717, 1.165) is 6.07 Å². The summed E-state index contributed by atoms with van der Waals surface area (Å²) in [5, 5.41) is 8.63. The number of hydrogen-bond acceptors (Lipinski definition) is 3. The van der Waals surface area contributed by atoms with Crippen molar-refractivity contribution in [1.29, 1.82) is 5.26 Å². The first-order valence-electron chi connectivity index (χ1n) is 5.40. The summed E-state index contributed by atoms with van der Waals surface area (Å²) in [5.74, 6) is -0.559. The maximum Gasteiger partial charge on any atom is 0.263 e. The van der Waals surface area contributed by atoms with Crippen LogP contribution in [0, 0.1) is 17.1 Å². The SMILES string of the molecule is N#Cc1ccc(S(=O)(=O)Nc2cccc(F)c2)c(Cl)c1. The van der Waals surface area contributed by atoms with E-state index in [0.29, 0.717) is 0 Å². The molecule has 0 saturated heterocycles. The van der Waals surface area contributed by atoms with Gasteiger partial charge in [0, 0.05) is 0 Å². The van der Waals surface area contributed by atoms with Crippen molar-refractivity contribution in [3.05, 3.63) is 58.9 Å². The molecule has 0 bridgehead atoms. The second-order valence-corrected chi connectivity index (χ2v) is 5.93. The molecule has 0 amide bonds. The van der Waals surface area contributed by atoms with E-state index in [1.165, 1.54) is 36.4 Å². The summed E-state index contributed by atoms with van der Waals surface area (Å²) in [5.41, 5.74) is 0.338. The van der Waals surface area contributed by atoms with E-state index in [4.69, 9.17) is 16.9 Å². The van der Waals surface area contributed by atoms with Crippen molar-refractivity contribution in [3.63, 3.8) is 0 Å². The molecule has 0 aliphatic heterocycles. The van der Waals surface area contributed by atoms with Crippen LogP contribution in [0.2, 0.25) is 5.02 Å². The van der Waals surface area contributed by atoms with Crippen molar-refractivity contribution in [2.75, 3.05) is 4.72 Å². The quantitative estimate of drug-likeness (QED) is 0.946. The Morgan fingerprint density at radius 1 is 1.20 bits per heavy atom. The van der Waals surface area contributed by atoms with Crippen LogP contribution in [0.4, 0.5) is 10.1 Å². The summed E-state index contributed by atoms with van der Waals surface area (Å²) in [6.07, 6.45) is 0. The fourth-order valence-electron chi connectivity index (χ4n) is 1.55. The number of nitriles is 1. The van der Waals surface area contributed by atoms with Gasteiger partial charge in [0.25, 0.3) is 10.0 Å². The fraction of sp³-hybridized carbons (Fsp3) is 0. The zero-order valence-corrected chi connectivity index (χ0v) is 11.5. The molecule has 4 nitrogen and oxygen atoms in total. The highest BCUT2D eigenvalue weighted by atomic mass is 35.5. The number of benzene rings is 2. The minimum absolute atomic E-state index is 0.0760. The molecule has 0 heterocycles. The van der Waals surface area contributed by atoms with Crippen LogP contribution in [0.5, 0.6) is 0 Å². The molecule has 1 N–H and O–H groups in total. The molecule has 0 radical (unpaired) electrons. The molecule has 2 rings (SSSR count). The molecule has 102 valence electrons. The third-order valence-electron chi connectivity index (χ3n) is 2.43.